The summed E-state index contributed by atoms with van der Waals surface area (Å²) in [6.07, 6.45) is 9.58. The minimum atomic E-state index is -0.609. The van der Waals surface area contributed by atoms with Crippen molar-refractivity contribution in [2.45, 2.75) is 39.5 Å². The number of benzene rings is 2. The van der Waals surface area contributed by atoms with Crippen LogP contribution in [-0.4, -0.2) is 39.6 Å². The second-order valence-corrected chi connectivity index (χ2v) is 9.33. The van der Waals surface area contributed by atoms with Crippen LogP contribution in [0.25, 0.3) is 23.0 Å². The molecule has 2 amide bonds. The fourth-order valence-electron chi connectivity index (χ4n) is 4.44. The van der Waals surface area contributed by atoms with Gasteiger partial charge >= 0.3 is 0 Å². The lowest BCUT2D eigenvalue weighted by molar-refractivity contribution is -0.139. The Bertz CT molecular complexity index is 1460. The molecule has 198 valence electrons. The topological polar surface area (TPSA) is 88.2 Å². The van der Waals surface area contributed by atoms with Crippen LogP contribution in [0.3, 0.4) is 0 Å². The van der Waals surface area contributed by atoms with E-state index in [1.807, 2.05) is 66.9 Å². The molecule has 39 heavy (non-hydrogen) atoms. The highest BCUT2D eigenvalue weighted by Gasteiger charge is 2.35. The maximum absolute atomic E-state index is 13.3. The van der Waals surface area contributed by atoms with Crippen molar-refractivity contribution >= 4 is 17.9 Å². The van der Waals surface area contributed by atoms with Crippen molar-refractivity contribution in [1.82, 2.24) is 14.7 Å². The molecule has 4 rings (SSSR count). The van der Waals surface area contributed by atoms with E-state index in [9.17, 15) is 14.9 Å². The molecule has 0 fully saturated rings. The van der Waals surface area contributed by atoms with Crippen molar-refractivity contribution in [2.75, 3.05) is 13.2 Å². The molecule has 0 aliphatic carbocycles. The summed E-state index contributed by atoms with van der Waals surface area (Å²) in [6, 6.07) is 19.4. The third-order valence-electron chi connectivity index (χ3n) is 6.59. The largest absolute Gasteiger partial charge is 0.494 e. The average molecular weight is 521 g/mol. The van der Waals surface area contributed by atoms with Crippen LogP contribution in [-0.2, 0) is 9.59 Å². The summed E-state index contributed by atoms with van der Waals surface area (Å²) in [5, 5.41) is 14.5. The summed E-state index contributed by atoms with van der Waals surface area (Å²) in [4.78, 5) is 27.1. The Labute approximate surface area is 229 Å². The van der Waals surface area contributed by atoms with E-state index >= 15 is 0 Å². The Kier molecular flexibility index (Phi) is 8.90. The maximum atomic E-state index is 13.3. The number of carbonyl (C=O) groups is 2. The Morgan fingerprint density at radius 1 is 1.03 bits per heavy atom. The lowest BCUT2D eigenvalue weighted by Gasteiger charge is -2.26. The Balaban J connectivity index is 1.75. The Hall–Kier alpha value is -4.70. The molecule has 7 heteroatoms. The number of hydrogen-bond acceptors (Lipinski definition) is 5. The first kappa shape index (κ1) is 27.3. The van der Waals surface area contributed by atoms with E-state index in [1.165, 1.54) is 18.9 Å². The molecular formula is C32H32N4O3. The maximum Gasteiger partial charge on any atom is 0.271 e. The summed E-state index contributed by atoms with van der Waals surface area (Å²) in [5.41, 5.74) is 3.61. The van der Waals surface area contributed by atoms with Gasteiger partial charge in [-0.2, -0.15) is 10.4 Å². The molecule has 0 saturated carbocycles. The van der Waals surface area contributed by atoms with Crippen molar-refractivity contribution in [3.8, 4) is 28.8 Å². The highest BCUT2D eigenvalue weighted by atomic mass is 16.5. The Morgan fingerprint density at radius 2 is 1.77 bits per heavy atom. The first-order chi connectivity index (χ1) is 19.0. The molecule has 0 atom stereocenters. The predicted octanol–water partition coefficient (Wildman–Crippen LogP) is 6.28. The summed E-state index contributed by atoms with van der Waals surface area (Å²) >= 11 is 0. The molecule has 2 heterocycles. The average Bonchev–Trinajstić information content (AvgIpc) is 3.38. The van der Waals surface area contributed by atoms with E-state index in [4.69, 9.17) is 9.84 Å². The van der Waals surface area contributed by atoms with Crippen LogP contribution < -0.4 is 4.74 Å². The van der Waals surface area contributed by atoms with Gasteiger partial charge in [-0.25, -0.2) is 4.68 Å². The van der Waals surface area contributed by atoms with Gasteiger partial charge in [-0.15, -0.1) is 6.58 Å². The molecule has 0 spiro atoms. The number of amides is 2. The number of carbonyl (C=O) groups excluding carboxylic acids is 2. The number of unbranched alkanes of at least 4 members (excludes halogenated alkanes) is 3. The monoisotopic (exact) mass is 520 g/mol. The van der Waals surface area contributed by atoms with Crippen molar-refractivity contribution in [3.63, 3.8) is 0 Å². The van der Waals surface area contributed by atoms with Crippen LogP contribution >= 0.6 is 0 Å². The van der Waals surface area contributed by atoms with Gasteiger partial charge in [0, 0.05) is 29.4 Å². The summed E-state index contributed by atoms with van der Waals surface area (Å²) in [6.45, 7) is 8.14. The standard InChI is InChI=1S/C32H32N4O3/c1-4-6-7-11-19-39-27-16-14-24(15-17-27)30-25(22-36(34-30)26-12-9-8-10-13-26)20-28-23(3)29(21-33)32(38)35(18-5-2)31(28)37/h5,8-10,12-17,20,22H,2,4,6-7,11,18-19H2,1,3H3/b28-20+. The molecule has 7 nitrogen and oxygen atoms in total. The highest BCUT2D eigenvalue weighted by Crippen LogP contribution is 2.31. The smallest absolute Gasteiger partial charge is 0.271 e. The molecule has 0 bridgehead atoms. The molecular weight excluding hydrogens is 488 g/mol. The van der Waals surface area contributed by atoms with Gasteiger partial charge in [0.15, 0.2) is 0 Å². The molecule has 1 aliphatic heterocycles. The van der Waals surface area contributed by atoms with Crippen LogP contribution in [0.5, 0.6) is 5.75 Å². The fraction of sp³-hybridized carbons (Fsp3) is 0.250. The zero-order valence-electron chi connectivity index (χ0n) is 22.4. The van der Waals surface area contributed by atoms with Crippen LogP contribution in [0.15, 0.2) is 90.2 Å². The summed E-state index contributed by atoms with van der Waals surface area (Å²) in [5.74, 6) is -0.291. The van der Waals surface area contributed by atoms with Crippen molar-refractivity contribution in [3.05, 3.63) is 95.7 Å². The Morgan fingerprint density at radius 3 is 2.44 bits per heavy atom. The number of ether oxygens (including phenoxy) is 1. The number of hydrogen-bond donors (Lipinski definition) is 0. The molecule has 2 aromatic carbocycles. The normalized spacial score (nSPS) is 14.6. The van der Waals surface area contributed by atoms with Gasteiger partial charge in [0.05, 0.1) is 18.0 Å². The zero-order valence-corrected chi connectivity index (χ0v) is 22.4. The van der Waals surface area contributed by atoms with Gasteiger partial charge in [-0.3, -0.25) is 14.5 Å². The van der Waals surface area contributed by atoms with E-state index in [1.54, 1.807) is 17.7 Å². The molecule has 1 aliphatic rings. The van der Waals surface area contributed by atoms with Crippen LogP contribution in [0.2, 0.25) is 0 Å². The van der Waals surface area contributed by atoms with Gasteiger partial charge in [-0.05, 0) is 61.4 Å². The van der Waals surface area contributed by atoms with Crippen molar-refractivity contribution < 1.29 is 14.3 Å². The highest BCUT2D eigenvalue weighted by molar-refractivity contribution is 6.19. The number of para-hydroxylation sites is 1. The second kappa shape index (κ2) is 12.7. The summed E-state index contributed by atoms with van der Waals surface area (Å²) in [7, 11) is 0. The molecule has 0 unspecified atom stereocenters. The number of aromatic nitrogens is 2. The fourth-order valence-corrected chi connectivity index (χ4v) is 4.44. The lowest BCUT2D eigenvalue weighted by Crippen LogP contribution is -2.42. The van der Waals surface area contributed by atoms with Gasteiger partial charge < -0.3 is 4.74 Å². The minimum Gasteiger partial charge on any atom is -0.494 e. The van der Waals surface area contributed by atoms with Gasteiger partial charge in [0.1, 0.15) is 17.4 Å². The summed E-state index contributed by atoms with van der Waals surface area (Å²) < 4.78 is 7.66. The number of nitriles is 1. The molecule has 0 radical (unpaired) electrons. The number of nitrogens with zero attached hydrogens (tertiary/aromatic N) is 4. The van der Waals surface area contributed by atoms with Crippen molar-refractivity contribution in [1.29, 1.82) is 5.26 Å². The SMILES string of the molecule is C=CCN1C(=O)C(C#N)=C(C)/C(=C\c2cn(-c3ccccc3)nc2-c2ccc(OCCCCCC)cc2)C1=O. The van der Waals surface area contributed by atoms with E-state index < -0.39 is 11.8 Å². The lowest BCUT2D eigenvalue weighted by atomic mass is 9.93. The quantitative estimate of drug-likeness (QED) is 0.129. The van der Waals surface area contributed by atoms with E-state index in [2.05, 4.69) is 13.5 Å². The van der Waals surface area contributed by atoms with Crippen LogP contribution in [0.4, 0.5) is 0 Å². The second-order valence-electron chi connectivity index (χ2n) is 9.33. The molecule has 3 aromatic rings. The molecule has 0 saturated heterocycles. The third kappa shape index (κ3) is 6.07. The van der Waals surface area contributed by atoms with Crippen LogP contribution in [0.1, 0.15) is 45.1 Å². The van der Waals surface area contributed by atoms with Gasteiger partial charge in [0.25, 0.3) is 11.8 Å². The first-order valence-corrected chi connectivity index (χ1v) is 13.2. The minimum absolute atomic E-state index is 0.0174. The van der Waals surface area contributed by atoms with Gasteiger partial charge in [0.2, 0.25) is 0 Å². The first-order valence-electron chi connectivity index (χ1n) is 13.2. The molecule has 0 N–H and O–H groups in total. The van der Waals surface area contributed by atoms with E-state index in [0.29, 0.717) is 23.4 Å². The van der Waals surface area contributed by atoms with Crippen molar-refractivity contribution in [2.24, 2.45) is 0 Å². The third-order valence-corrected chi connectivity index (χ3v) is 6.59. The predicted molar refractivity (Wildman–Crippen MR) is 152 cm³/mol. The number of rotatable bonds is 11. The molecule has 1 aromatic heterocycles. The zero-order chi connectivity index (χ0) is 27.8. The number of imide groups is 1. The van der Waals surface area contributed by atoms with Gasteiger partial charge in [-0.1, -0.05) is 50.5 Å². The van der Waals surface area contributed by atoms with E-state index in [-0.39, 0.29) is 17.7 Å². The van der Waals surface area contributed by atoms with E-state index in [0.717, 1.165) is 34.7 Å². The van der Waals surface area contributed by atoms with Crippen LogP contribution in [0, 0.1) is 11.3 Å².